The van der Waals surface area contributed by atoms with Crippen molar-refractivity contribution in [3.63, 3.8) is 0 Å². The third-order valence-electron chi connectivity index (χ3n) is 4.60. The second kappa shape index (κ2) is 8.99. The molecule has 3 rings (SSSR count). The molecule has 1 aliphatic heterocycles. The maximum Gasteiger partial charge on any atom is 0.412 e. The van der Waals surface area contributed by atoms with Crippen LogP contribution in [0.3, 0.4) is 0 Å². The first-order valence-electron chi connectivity index (χ1n) is 9.96. The quantitative estimate of drug-likeness (QED) is 0.647. The van der Waals surface area contributed by atoms with Gasteiger partial charge in [0.25, 0.3) is 5.91 Å². The summed E-state index contributed by atoms with van der Waals surface area (Å²) in [6.07, 6.45) is 0.217. The molecule has 0 spiro atoms. The summed E-state index contributed by atoms with van der Waals surface area (Å²) >= 11 is 0. The third-order valence-corrected chi connectivity index (χ3v) is 4.60. The van der Waals surface area contributed by atoms with Crippen molar-refractivity contribution in [2.24, 2.45) is 0 Å². The molecule has 2 aromatic rings. The van der Waals surface area contributed by atoms with Crippen LogP contribution in [-0.4, -0.2) is 29.4 Å². The zero-order valence-corrected chi connectivity index (χ0v) is 17.7. The van der Waals surface area contributed by atoms with E-state index in [1.165, 1.54) is 0 Å². The van der Waals surface area contributed by atoms with E-state index in [1.807, 2.05) is 0 Å². The Bertz CT molecular complexity index is 991. The van der Waals surface area contributed by atoms with Gasteiger partial charge in [-0.2, -0.15) is 0 Å². The first-order valence-corrected chi connectivity index (χ1v) is 9.96. The molecular formula is C23H25N3O5. The molecule has 162 valence electrons. The Morgan fingerprint density at radius 3 is 2.10 bits per heavy atom. The van der Waals surface area contributed by atoms with Gasteiger partial charge in [-0.15, -0.1) is 0 Å². The Hall–Kier alpha value is -3.68. The normalized spacial score (nSPS) is 16.3. The molecule has 1 aliphatic rings. The Morgan fingerprint density at radius 2 is 1.52 bits per heavy atom. The van der Waals surface area contributed by atoms with Crippen molar-refractivity contribution in [2.45, 2.75) is 45.1 Å². The summed E-state index contributed by atoms with van der Waals surface area (Å²) in [7, 11) is 0. The van der Waals surface area contributed by atoms with E-state index in [0.29, 0.717) is 29.8 Å². The van der Waals surface area contributed by atoms with Gasteiger partial charge in [0, 0.05) is 23.4 Å². The molecule has 4 amide bonds. The number of rotatable bonds is 4. The van der Waals surface area contributed by atoms with Gasteiger partial charge in [0.05, 0.1) is 5.92 Å². The Kier molecular flexibility index (Phi) is 6.39. The van der Waals surface area contributed by atoms with Crippen LogP contribution >= 0.6 is 0 Å². The molecule has 0 bridgehead atoms. The average Bonchev–Trinajstić information content (AvgIpc) is 2.68. The van der Waals surface area contributed by atoms with Crippen molar-refractivity contribution >= 4 is 35.2 Å². The van der Waals surface area contributed by atoms with Crippen molar-refractivity contribution in [3.05, 3.63) is 59.7 Å². The number of piperidine rings is 1. The van der Waals surface area contributed by atoms with Crippen LogP contribution < -0.4 is 16.0 Å². The van der Waals surface area contributed by atoms with Gasteiger partial charge in [-0.1, -0.05) is 12.1 Å². The summed E-state index contributed by atoms with van der Waals surface area (Å²) in [5.41, 5.74) is 1.71. The molecule has 2 aromatic carbocycles. The van der Waals surface area contributed by atoms with Gasteiger partial charge in [0.15, 0.2) is 0 Å². The second-order valence-electron chi connectivity index (χ2n) is 8.28. The van der Waals surface area contributed by atoms with E-state index < -0.39 is 11.7 Å². The number of hydrogen-bond acceptors (Lipinski definition) is 5. The molecule has 1 fully saturated rings. The van der Waals surface area contributed by atoms with Gasteiger partial charge in [0.2, 0.25) is 11.8 Å². The highest BCUT2D eigenvalue weighted by molar-refractivity contribution is 6.05. The van der Waals surface area contributed by atoms with Gasteiger partial charge < -0.3 is 10.1 Å². The first kappa shape index (κ1) is 22.0. The number of amides is 4. The van der Waals surface area contributed by atoms with Crippen LogP contribution in [0.15, 0.2) is 48.5 Å². The van der Waals surface area contributed by atoms with Crippen LogP contribution in [0.25, 0.3) is 0 Å². The van der Waals surface area contributed by atoms with Crippen molar-refractivity contribution in [1.82, 2.24) is 5.32 Å². The summed E-state index contributed by atoms with van der Waals surface area (Å²) in [5, 5.41) is 7.75. The molecular weight excluding hydrogens is 398 g/mol. The Morgan fingerprint density at radius 1 is 0.935 bits per heavy atom. The smallest absolute Gasteiger partial charge is 0.412 e. The predicted octanol–water partition coefficient (Wildman–Crippen LogP) is 3.81. The average molecular weight is 423 g/mol. The summed E-state index contributed by atoms with van der Waals surface area (Å²) in [4.78, 5) is 47.6. The molecule has 0 aliphatic carbocycles. The van der Waals surface area contributed by atoms with Crippen LogP contribution in [0.1, 0.15) is 55.5 Å². The summed E-state index contributed by atoms with van der Waals surface area (Å²) in [5.74, 6) is -1.23. The SMILES string of the molecule is CC(C)(C)OC(=O)Nc1ccc(C(=O)Nc2ccc(C3CCC(=O)NC3=O)cc2)cc1. The number of carbonyl (C=O) groups excluding carboxylic acids is 4. The summed E-state index contributed by atoms with van der Waals surface area (Å²) in [6, 6.07) is 13.4. The molecule has 1 saturated heterocycles. The highest BCUT2D eigenvalue weighted by Gasteiger charge is 2.27. The fraction of sp³-hybridized carbons (Fsp3) is 0.304. The molecule has 0 saturated carbocycles. The molecule has 0 aromatic heterocycles. The largest absolute Gasteiger partial charge is 0.444 e. The highest BCUT2D eigenvalue weighted by Crippen LogP contribution is 2.26. The number of carbonyl (C=O) groups is 4. The van der Waals surface area contributed by atoms with Gasteiger partial charge in [0.1, 0.15) is 5.60 Å². The monoisotopic (exact) mass is 423 g/mol. The lowest BCUT2D eigenvalue weighted by Crippen LogP contribution is -2.39. The van der Waals surface area contributed by atoms with Crippen LogP contribution in [-0.2, 0) is 14.3 Å². The van der Waals surface area contributed by atoms with Crippen molar-refractivity contribution in [3.8, 4) is 0 Å². The second-order valence-corrected chi connectivity index (χ2v) is 8.28. The standard InChI is InChI=1S/C23H25N3O5/c1-23(2,3)31-22(30)25-17-10-6-15(7-11-17)20(28)24-16-8-4-14(5-9-16)18-12-13-19(27)26-21(18)29/h4-11,18H,12-13H2,1-3H3,(H,24,28)(H,25,30)(H,26,27,29). The summed E-state index contributed by atoms with van der Waals surface area (Å²) < 4.78 is 5.19. The third kappa shape index (κ3) is 6.15. The van der Waals surface area contributed by atoms with Crippen LogP contribution in [0, 0.1) is 0 Å². The molecule has 8 nitrogen and oxygen atoms in total. The lowest BCUT2D eigenvalue weighted by Gasteiger charge is -2.21. The van der Waals surface area contributed by atoms with Gasteiger partial charge in [-0.05, 0) is 69.2 Å². The topological polar surface area (TPSA) is 114 Å². The maximum atomic E-state index is 12.5. The van der Waals surface area contributed by atoms with Crippen molar-refractivity contribution in [1.29, 1.82) is 0 Å². The van der Waals surface area contributed by atoms with E-state index in [1.54, 1.807) is 69.3 Å². The molecule has 3 N–H and O–H groups in total. The van der Waals surface area contributed by atoms with E-state index in [0.717, 1.165) is 5.56 Å². The van der Waals surface area contributed by atoms with E-state index in [4.69, 9.17) is 4.74 Å². The Balaban J connectivity index is 1.58. The minimum absolute atomic E-state index is 0.252. The lowest BCUT2D eigenvalue weighted by molar-refractivity contribution is -0.134. The van der Waals surface area contributed by atoms with E-state index in [9.17, 15) is 19.2 Å². The summed E-state index contributed by atoms with van der Waals surface area (Å²) in [6.45, 7) is 5.33. The fourth-order valence-corrected chi connectivity index (χ4v) is 3.14. The van der Waals surface area contributed by atoms with E-state index in [2.05, 4.69) is 16.0 Å². The molecule has 1 atom stereocenters. The molecule has 1 heterocycles. The zero-order valence-electron chi connectivity index (χ0n) is 17.7. The van der Waals surface area contributed by atoms with E-state index in [-0.39, 0.29) is 23.6 Å². The number of benzene rings is 2. The minimum atomic E-state index is -0.600. The maximum absolute atomic E-state index is 12.5. The van der Waals surface area contributed by atoms with Crippen LogP contribution in [0.4, 0.5) is 16.2 Å². The first-order chi connectivity index (χ1) is 14.6. The van der Waals surface area contributed by atoms with Crippen molar-refractivity contribution in [2.75, 3.05) is 10.6 Å². The number of ether oxygens (including phenoxy) is 1. The molecule has 0 radical (unpaired) electrons. The van der Waals surface area contributed by atoms with Gasteiger partial charge >= 0.3 is 6.09 Å². The molecule has 8 heteroatoms. The molecule has 31 heavy (non-hydrogen) atoms. The lowest BCUT2D eigenvalue weighted by atomic mass is 9.90. The van der Waals surface area contributed by atoms with Crippen molar-refractivity contribution < 1.29 is 23.9 Å². The number of nitrogens with one attached hydrogen (secondary N) is 3. The van der Waals surface area contributed by atoms with Crippen LogP contribution in [0.2, 0.25) is 0 Å². The fourth-order valence-electron chi connectivity index (χ4n) is 3.14. The number of hydrogen-bond donors (Lipinski definition) is 3. The van der Waals surface area contributed by atoms with Gasteiger partial charge in [-0.25, -0.2) is 4.79 Å². The number of imide groups is 1. The minimum Gasteiger partial charge on any atom is -0.444 e. The Labute approximate surface area is 180 Å². The van der Waals surface area contributed by atoms with Crippen LogP contribution in [0.5, 0.6) is 0 Å². The zero-order chi connectivity index (χ0) is 22.6. The predicted molar refractivity (Wildman–Crippen MR) is 116 cm³/mol. The van der Waals surface area contributed by atoms with E-state index >= 15 is 0 Å². The van der Waals surface area contributed by atoms with Gasteiger partial charge in [-0.3, -0.25) is 25.0 Å². The molecule has 1 unspecified atom stereocenters. The number of anilines is 2. The highest BCUT2D eigenvalue weighted by atomic mass is 16.6.